The van der Waals surface area contributed by atoms with Gasteiger partial charge < -0.3 is 10.2 Å². The molecule has 7 nitrogen and oxygen atoms in total. The number of rotatable bonds is 12. The summed E-state index contributed by atoms with van der Waals surface area (Å²) in [6.45, 7) is 3.82. The molecule has 0 heterocycles. The Labute approximate surface area is 251 Å². The molecule has 3 aromatic carbocycles. The molecule has 0 saturated heterocycles. The third kappa shape index (κ3) is 9.13. The van der Waals surface area contributed by atoms with E-state index < -0.39 is 28.5 Å². The van der Waals surface area contributed by atoms with Gasteiger partial charge in [0.2, 0.25) is 21.8 Å². The first-order valence-corrected chi connectivity index (χ1v) is 15.6. The number of benzene rings is 3. The number of halogens is 3. The molecule has 0 saturated carbocycles. The van der Waals surface area contributed by atoms with Crippen LogP contribution in [-0.4, -0.2) is 50.5 Å². The summed E-state index contributed by atoms with van der Waals surface area (Å²) in [6, 6.07) is 19.6. The van der Waals surface area contributed by atoms with Crippen LogP contribution in [0.25, 0.3) is 0 Å². The number of sulfonamides is 1. The molecule has 0 aliphatic carbocycles. The van der Waals surface area contributed by atoms with E-state index in [9.17, 15) is 18.0 Å². The molecule has 40 heavy (non-hydrogen) atoms. The first-order chi connectivity index (χ1) is 18.8. The van der Waals surface area contributed by atoms with Gasteiger partial charge in [0, 0.05) is 24.5 Å². The zero-order chi connectivity index (χ0) is 29.4. The Balaban J connectivity index is 2.06. The molecule has 1 atom stereocenters. The van der Waals surface area contributed by atoms with E-state index in [1.165, 1.54) is 11.0 Å². The van der Waals surface area contributed by atoms with E-state index in [0.29, 0.717) is 27.2 Å². The molecule has 0 unspecified atom stereocenters. The average Bonchev–Trinajstić information content (AvgIpc) is 2.89. The average molecular weight is 625 g/mol. The van der Waals surface area contributed by atoms with Crippen LogP contribution < -0.4 is 9.62 Å². The summed E-state index contributed by atoms with van der Waals surface area (Å²) in [5, 5.41) is 3.91. The molecule has 0 aliphatic rings. The van der Waals surface area contributed by atoms with E-state index in [4.69, 9.17) is 34.8 Å². The van der Waals surface area contributed by atoms with Gasteiger partial charge in [-0.05, 0) is 47.4 Å². The van der Waals surface area contributed by atoms with E-state index in [1.807, 2.05) is 44.2 Å². The Morgan fingerprint density at radius 2 is 1.57 bits per heavy atom. The Bertz CT molecular complexity index is 1440. The normalized spacial score (nSPS) is 12.2. The standard InChI is InChI=1S/C29H32Cl3N3O4S/c1-20(2)17-33-29(37)27(15-21-8-5-4-6-9-21)34(18-22-12-13-25(31)26(32)14-22)28(36)19-35(40(3,38)39)24-11-7-10-23(30)16-24/h4-14,16,20,27H,15,17-19H2,1-3H3,(H,33,37)/t27-/m0/s1. The Kier molecular flexibility index (Phi) is 11.3. The van der Waals surface area contributed by atoms with Crippen molar-refractivity contribution in [3.63, 3.8) is 0 Å². The minimum Gasteiger partial charge on any atom is -0.354 e. The fraction of sp³-hybridized carbons (Fsp3) is 0.310. The summed E-state index contributed by atoms with van der Waals surface area (Å²) in [6.07, 6.45) is 1.23. The summed E-state index contributed by atoms with van der Waals surface area (Å²) in [4.78, 5) is 29.0. The molecule has 0 bridgehead atoms. The molecule has 214 valence electrons. The molecular weight excluding hydrogens is 593 g/mol. The molecule has 1 N–H and O–H groups in total. The first-order valence-electron chi connectivity index (χ1n) is 12.6. The second kappa shape index (κ2) is 14.2. The highest BCUT2D eigenvalue weighted by atomic mass is 35.5. The van der Waals surface area contributed by atoms with Crippen LogP contribution in [0.2, 0.25) is 15.1 Å². The fourth-order valence-corrected chi connectivity index (χ4v) is 5.40. The van der Waals surface area contributed by atoms with Crippen LogP contribution in [0.3, 0.4) is 0 Å². The molecule has 0 fully saturated rings. The Morgan fingerprint density at radius 3 is 2.17 bits per heavy atom. The van der Waals surface area contributed by atoms with Gasteiger partial charge in [0.25, 0.3) is 0 Å². The zero-order valence-electron chi connectivity index (χ0n) is 22.5. The number of anilines is 1. The number of hydrogen-bond acceptors (Lipinski definition) is 4. The van der Waals surface area contributed by atoms with Crippen molar-refractivity contribution in [3.8, 4) is 0 Å². The Hall–Kier alpha value is -2.78. The van der Waals surface area contributed by atoms with E-state index in [0.717, 1.165) is 16.1 Å². The maximum absolute atomic E-state index is 14.0. The number of carbonyl (C=O) groups excluding carboxylic acids is 2. The van der Waals surface area contributed by atoms with Gasteiger partial charge in [-0.15, -0.1) is 0 Å². The van der Waals surface area contributed by atoms with Crippen LogP contribution in [0.5, 0.6) is 0 Å². The molecular formula is C29H32Cl3N3O4S. The van der Waals surface area contributed by atoms with Gasteiger partial charge in [-0.1, -0.05) is 91.1 Å². The van der Waals surface area contributed by atoms with Gasteiger partial charge >= 0.3 is 0 Å². The van der Waals surface area contributed by atoms with Crippen LogP contribution >= 0.6 is 34.8 Å². The molecule has 0 aromatic heterocycles. The van der Waals surface area contributed by atoms with Crippen LogP contribution in [0.4, 0.5) is 5.69 Å². The SMILES string of the molecule is CC(C)CNC(=O)[C@H](Cc1ccccc1)N(Cc1ccc(Cl)c(Cl)c1)C(=O)CN(c1cccc(Cl)c1)S(C)(=O)=O. The first kappa shape index (κ1) is 31.7. The number of hydrogen-bond donors (Lipinski definition) is 1. The lowest BCUT2D eigenvalue weighted by molar-refractivity contribution is -0.140. The quantitative estimate of drug-likeness (QED) is 0.275. The molecule has 0 radical (unpaired) electrons. The van der Waals surface area contributed by atoms with Crippen LogP contribution in [0.15, 0.2) is 72.8 Å². The van der Waals surface area contributed by atoms with Crippen molar-refractivity contribution in [1.82, 2.24) is 10.2 Å². The topological polar surface area (TPSA) is 86.8 Å². The number of nitrogens with zero attached hydrogens (tertiary/aromatic N) is 2. The van der Waals surface area contributed by atoms with E-state index in [2.05, 4.69) is 5.32 Å². The number of carbonyl (C=O) groups is 2. The van der Waals surface area contributed by atoms with Gasteiger partial charge in [-0.2, -0.15) is 0 Å². The van der Waals surface area contributed by atoms with Crippen LogP contribution in [-0.2, 0) is 32.6 Å². The van der Waals surface area contributed by atoms with Crippen molar-refractivity contribution < 1.29 is 18.0 Å². The summed E-state index contributed by atoms with van der Waals surface area (Å²) in [7, 11) is -3.89. The minimum absolute atomic E-state index is 0.00450. The predicted molar refractivity (Wildman–Crippen MR) is 162 cm³/mol. The van der Waals surface area contributed by atoms with Crippen molar-refractivity contribution in [1.29, 1.82) is 0 Å². The largest absolute Gasteiger partial charge is 0.354 e. The lowest BCUT2D eigenvalue weighted by Gasteiger charge is -2.33. The minimum atomic E-state index is -3.89. The highest BCUT2D eigenvalue weighted by Gasteiger charge is 2.33. The predicted octanol–water partition coefficient (Wildman–Crippen LogP) is 5.83. The van der Waals surface area contributed by atoms with Crippen molar-refractivity contribution in [2.75, 3.05) is 23.7 Å². The van der Waals surface area contributed by atoms with Crippen molar-refractivity contribution in [3.05, 3.63) is 99.0 Å². The fourth-order valence-electron chi connectivity index (χ4n) is 4.06. The smallest absolute Gasteiger partial charge is 0.244 e. The van der Waals surface area contributed by atoms with Gasteiger partial charge in [-0.25, -0.2) is 8.42 Å². The van der Waals surface area contributed by atoms with Crippen molar-refractivity contribution >= 4 is 62.3 Å². The second-order valence-corrected chi connectivity index (χ2v) is 13.0. The third-order valence-electron chi connectivity index (χ3n) is 6.07. The van der Waals surface area contributed by atoms with Gasteiger partial charge in [-0.3, -0.25) is 13.9 Å². The lowest BCUT2D eigenvalue weighted by Crippen LogP contribution is -2.53. The number of amides is 2. The maximum atomic E-state index is 14.0. The third-order valence-corrected chi connectivity index (χ3v) is 8.18. The highest BCUT2D eigenvalue weighted by Crippen LogP contribution is 2.26. The Morgan fingerprint density at radius 1 is 0.875 bits per heavy atom. The second-order valence-electron chi connectivity index (χ2n) is 9.86. The van der Waals surface area contributed by atoms with Gasteiger partial charge in [0.05, 0.1) is 22.0 Å². The maximum Gasteiger partial charge on any atom is 0.244 e. The molecule has 0 spiro atoms. The van der Waals surface area contributed by atoms with Gasteiger partial charge in [0.1, 0.15) is 12.6 Å². The monoisotopic (exact) mass is 623 g/mol. The summed E-state index contributed by atoms with van der Waals surface area (Å²) in [5.41, 5.74) is 1.71. The van der Waals surface area contributed by atoms with Crippen molar-refractivity contribution in [2.24, 2.45) is 5.92 Å². The van der Waals surface area contributed by atoms with Crippen LogP contribution in [0, 0.1) is 5.92 Å². The summed E-state index contributed by atoms with van der Waals surface area (Å²) < 4.78 is 26.6. The zero-order valence-corrected chi connectivity index (χ0v) is 25.6. The number of nitrogens with one attached hydrogen (secondary N) is 1. The molecule has 3 aromatic rings. The molecule has 3 rings (SSSR count). The van der Waals surface area contributed by atoms with E-state index in [1.54, 1.807) is 36.4 Å². The summed E-state index contributed by atoms with van der Waals surface area (Å²) in [5.74, 6) is -0.735. The van der Waals surface area contributed by atoms with Gasteiger partial charge in [0.15, 0.2) is 0 Å². The molecule has 11 heteroatoms. The van der Waals surface area contributed by atoms with E-state index in [-0.39, 0.29) is 30.5 Å². The summed E-state index contributed by atoms with van der Waals surface area (Å²) >= 11 is 18.5. The highest BCUT2D eigenvalue weighted by molar-refractivity contribution is 7.92. The van der Waals surface area contributed by atoms with E-state index >= 15 is 0 Å². The molecule has 0 aliphatic heterocycles. The lowest BCUT2D eigenvalue weighted by atomic mass is 10.0. The molecule has 2 amide bonds. The van der Waals surface area contributed by atoms with Crippen molar-refractivity contribution in [2.45, 2.75) is 32.9 Å². The van der Waals surface area contributed by atoms with Crippen LogP contribution in [0.1, 0.15) is 25.0 Å².